The van der Waals surface area contributed by atoms with Gasteiger partial charge in [-0.2, -0.15) is 0 Å². The van der Waals surface area contributed by atoms with Crippen LogP contribution in [0.5, 0.6) is 5.75 Å². The van der Waals surface area contributed by atoms with Crippen LogP contribution in [0.2, 0.25) is 0 Å². The minimum atomic E-state index is 0. The topological polar surface area (TPSA) is 40.1 Å². The average molecular weight is 458 g/mol. The highest BCUT2D eigenvalue weighted by molar-refractivity contribution is 14.0. The standard InChI is InChI=1S/C19H30N4O.HI/c1-4-6-9-12-21-19(20-5-2)23-15-13-22(14-16-23)17-10-7-8-11-18(17)24-3;/h4,6-8,10-11H,5,9,12-16H2,1-3H3,(H,20,21);1H/b6-4+;. The predicted octanol–water partition coefficient (Wildman–Crippen LogP) is 3.37. The van der Waals surface area contributed by atoms with Crippen LogP contribution >= 0.6 is 24.0 Å². The lowest BCUT2D eigenvalue weighted by atomic mass is 10.2. The van der Waals surface area contributed by atoms with Crippen molar-refractivity contribution in [1.29, 1.82) is 0 Å². The van der Waals surface area contributed by atoms with E-state index < -0.39 is 0 Å². The number of piperazine rings is 1. The molecule has 0 radical (unpaired) electrons. The lowest BCUT2D eigenvalue weighted by Gasteiger charge is -2.38. The monoisotopic (exact) mass is 458 g/mol. The smallest absolute Gasteiger partial charge is 0.194 e. The third kappa shape index (κ3) is 6.41. The first-order valence-corrected chi connectivity index (χ1v) is 8.82. The van der Waals surface area contributed by atoms with Crippen molar-refractivity contribution in [2.45, 2.75) is 20.3 Å². The number of halogens is 1. The lowest BCUT2D eigenvalue weighted by Crippen LogP contribution is -2.52. The van der Waals surface area contributed by atoms with E-state index in [4.69, 9.17) is 9.73 Å². The van der Waals surface area contributed by atoms with Crippen LogP contribution in [-0.2, 0) is 0 Å². The molecule has 1 aliphatic rings. The van der Waals surface area contributed by atoms with Gasteiger partial charge in [-0.05, 0) is 32.4 Å². The molecule has 0 unspecified atom stereocenters. The summed E-state index contributed by atoms with van der Waals surface area (Å²) in [4.78, 5) is 9.48. The number of nitrogens with zero attached hydrogens (tertiary/aromatic N) is 3. The summed E-state index contributed by atoms with van der Waals surface area (Å²) in [5, 5.41) is 3.42. The van der Waals surface area contributed by atoms with E-state index in [9.17, 15) is 0 Å². The Morgan fingerprint density at radius 1 is 1.24 bits per heavy atom. The molecule has 1 aliphatic heterocycles. The third-order valence-corrected chi connectivity index (χ3v) is 4.13. The molecule has 0 spiro atoms. The molecule has 1 aromatic carbocycles. The maximum Gasteiger partial charge on any atom is 0.194 e. The number of hydrogen-bond acceptors (Lipinski definition) is 3. The van der Waals surface area contributed by atoms with Crippen molar-refractivity contribution >= 4 is 35.6 Å². The Hall–Kier alpha value is -1.44. The van der Waals surface area contributed by atoms with E-state index >= 15 is 0 Å². The Kier molecular flexibility index (Phi) is 10.4. The van der Waals surface area contributed by atoms with E-state index in [0.29, 0.717) is 0 Å². The van der Waals surface area contributed by atoms with Crippen molar-refractivity contribution in [3.63, 3.8) is 0 Å². The van der Waals surface area contributed by atoms with Gasteiger partial charge < -0.3 is 19.9 Å². The number of aliphatic imine (C=N–C) groups is 1. The number of nitrogens with one attached hydrogen (secondary N) is 1. The van der Waals surface area contributed by atoms with E-state index in [-0.39, 0.29) is 24.0 Å². The molecular weight excluding hydrogens is 427 g/mol. The fraction of sp³-hybridized carbons (Fsp3) is 0.526. The molecule has 1 aromatic rings. The molecule has 0 aliphatic carbocycles. The molecular formula is C19H31IN4O. The quantitative estimate of drug-likeness (QED) is 0.233. The highest BCUT2D eigenvalue weighted by Gasteiger charge is 2.21. The summed E-state index contributed by atoms with van der Waals surface area (Å²) in [6.45, 7) is 9.77. The van der Waals surface area contributed by atoms with Gasteiger partial charge in [0.25, 0.3) is 0 Å². The zero-order valence-electron chi connectivity index (χ0n) is 15.6. The fourth-order valence-electron chi connectivity index (χ4n) is 2.89. The minimum Gasteiger partial charge on any atom is -0.495 e. The zero-order valence-corrected chi connectivity index (χ0v) is 17.9. The summed E-state index contributed by atoms with van der Waals surface area (Å²) < 4.78 is 5.49. The second-order valence-electron chi connectivity index (χ2n) is 5.74. The molecule has 140 valence electrons. The summed E-state index contributed by atoms with van der Waals surface area (Å²) in [5.41, 5.74) is 1.18. The SMILES string of the molecule is C/C=C/CCN=C(NCC)N1CCN(c2ccccc2OC)CC1.I. The average Bonchev–Trinajstić information content (AvgIpc) is 2.64. The Bertz CT molecular complexity index is 554. The number of benzene rings is 1. The molecule has 0 amide bonds. The van der Waals surface area contributed by atoms with Crippen molar-refractivity contribution in [2.24, 2.45) is 4.99 Å². The lowest BCUT2D eigenvalue weighted by molar-refractivity contribution is 0.367. The normalized spacial score (nSPS) is 15.2. The van der Waals surface area contributed by atoms with E-state index in [1.807, 2.05) is 19.1 Å². The molecule has 1 fully saturated rings. The Morgan fingerprint density at radius 2 is 1.96 bits per heavy atom. The molecule has 0 bridgehead atoms. The van der Waals surface area contributed by atoms with Crippen molar-refractivity contribution in [1.82, 2.24) is 10.2 Å². The maximum atomic E-state index is 5.49. The first-order chi connectivity index (χ1) is 11.8. The van der Waals surface area contributed by atoms with Gasteiger partial charge in [-0.15, -0.1) is 24.0 Å². The summed E-state index contributed by atoms with van der Waals surface area (Å²) in [7, 11) is 1.73. The molecule has 6 heteroatoms. The van der Waals surface area contributed by atoms with Crippen LogP contribution in [0, 0.1) is 0 Å². The fourth-order valence-corrected chi connectivity index (χ4v) is 2.89. The molecule has 1 N–H and O–H groups in total. The van der Waals surface area contributed by atoms with Crippen LogP contribution in [0.15, 0.2) is 41.4 Å². The highest BCUT2D eigenvalue weighted by atomic mass is 127. The molecule has 2 rings (SSSR count). The number of ether oxygens (including phenoxy) is 1. The molecule has 0 atom stereocenters. The van der Waals surface area contributed by atoms with Gasteiger partial charge in [-0.3, -0.25) is 4.99 Å². The predicted molar refractivity (Wildman–Crippen MR) is 118 cm³/mol. The number of guanidine groups is 1. The molecule has 5 nitrogen and oxygen atoms in total. The van der Waals surface area contributed by atoms with Gasteiger partial charge in [0, 0.05) is 39.3 Å². The molecule has 1 saturated heterocycles. The van der Waals surface area contributed by atoms with Crippen molar-refractivity contribution in [2.75, 3.05) is 51.3 Å². The molecule has 0 aromatic heterocycles. The minimum absolute atomic E-state index is 0. The Balaban J connectivity index is 0.00000312. The van der Waals surface area contributed by atoms with E-state index in [1.165, 1.54) is 5.69 Å². The van der Waals surface area contributed by atoms with Gasteiger partial charge in [-0.25, -0.2) is 0 Å². The molecule has 25 heavy (non-hydrogen) atoms. The van der Waals surface area contributed by atoms with Gasteiger partial charge in [-0.1, -0.05) is 24.3 Å². The summed E-state index contributed by atoms with van der Waals surface area (Å²) in [5.74, 6) is 1.97. The summed E-state index contributed by atoms with van der Waals surface area (Å²) in [6, 6.07) is 8.23. The summed E-state index contributed by atoms with van der Waals surface area (Å²) in [6.07, 6.45) is 5.23. The highest BCUT2D eigenvalue weighted by Crippen LogP contribution is 2.28. The van der Waals surface area contributed by atoms with Gasteiger partial charge >= 0.3 is 0 Å². The third-order valence-electron chi connectivity index (χ3n) is 4.13. The van der Waals surface area contributed by atoms with Crippen LogP contribution < -0.4 is 15.0 Å². The molecule has 0 saturated carbocycles. The summed E-state index contributed by atoms with van der Waals surface area (Å²) >= 11 is 0. The van der Waals surface area contributed by atoms with Crippen molar-refractivity contribution in [3.05, 3.63) is 36.4 Å². The van der Waals surface area contributed by atoms with E-state index in [0.717, 1.165) is 57.4 Å². The van der Waals surface area contributed by atoms with Crippen molar-refractivity contribution in [3.8, 4) is 5.75 Å². The first-order valence-electron chi connectivity index (χ1n) is 8.82. The number of rotatable bonds is 6. The second kappa shape index (κ2) is 12.0. The van der Waals surface area contributed by atoms with Crippen LogP contribution in [-0.4, -0.2) is 57.2 Å². The van der Waals surface area contributed by atoms with Crippen LogP contribution in [0.3, 0.4) is 0 Å². The van der Waals surface area contributed by atoms with Gasteiger partial charge in [0.05, 0.1) is 12.8 Å². The number of para-hydroxylation sites is 2. The van der Waals surface area contributed by atoms with E-state index in [1.54, 1.807) is 7.11 Å². The second-order valence-corrected chi connectivity index (χ2v) is 5.74. The van der Waals surface area contributed by atoms with Crippen LogP contribution in [0.4, 0.5) is 5.69 Å². The van der Waals surface area contributed by atoms with Crippen LogP contribution in [0.1, 0.15) is 20.3 Å². The van der Waals surface area contributed by atoms with E-state index in [2.05, 4.69) is 46.3 Å². The van der Waals surface area contributed by atoms with Gasteiger partial charge in [0.2, 0.25) is 0 Å². The number of methoxy groups -OCH3 is 1. The van der Waals surface area contributed by atoms with Crippen LogP contribution in [0.25, 0.3) is 0 Å². The number of anilines is 1. The Morgan fingerprint density at radius 3 is 2.60 bits per heavy atom. The number of allylic oxidation sites excluding steroid dienone is 1. The van der Waals surface area contributed by atoms with Crippen molar-refractivity contribution < 1.29 is 4.74 Å². The Labute approximate surface area is 169 Å². The van der Waals surface area contributed by atoms with Gasteiger partial charge in [0.15, 0.2) is 5.96 Å². The zero-order chi connectivity index (χ0) is 17.2. The van der Waals surface area contributed by atoms with Gasteiger partial charge in [0.1, 0.15) is 5.75 Å². The number of hydrogen-bond donors (Lipinski definition) is 1. The first kappa shape index (κ1) is 21.6. The largest absolute Gasteiger partial charge is 0.495 e. The molecule has 1 heterocycles. The maximum absolute atomic E-state index is 5.49.